The van der Waals surface area contributed by atoms with Crippen molar-refractivity contribution in [2.45, 2.75) is 45.4 Å². The molecule has 0 amide bonds. The molecule has 0 spiro atoms. The standard InChI is InChI=1S/C14H29NO2/c1-3-17-11-9-14(7-5-4-6-8-14)13-15-10-12-16-2/h15H,3-13H2,1-2H3. The Morgan fingerprint density at radius 2 is 1.88 bits per heavy atom. The lowest BCUT2D eigenvalue weighted by atomic mass is 9.72. The number of methoxy groups -OCH3 is 1. The maximum absolute atomic E-state index is 5.54. The minimum absolute atomic E-state index is 0.487. The highest BCUT2D eigenvalue weighted by Gasteiger charge is 2.31. The topological polar surface area (TPSA) is 30.5 Å². The third-order valence-corrected chi connectivity index (χ3v) is 3.88. The molecular weight excluding hydrogens is 214 g/mol. The summed E-state index contributed by atoms with van der Waals surface area (Å²) in [5, 5.41) is 3.54. The van der Waals surface area contributed by atoms with Gasteiger partial charge in [-0.3, -0.25) is 0 Å². The van der Waals surface area contributed by atoms with Gasteiger partial charge in [0.15, 0.2) is 0 Å². The molecule has 3 heteroatoms. The van der Waals surface area contributed by atoms with E-state index >= 15 is 0 Å². The maximum Gasteiger partial charge on any atom is 0.0587 e. The Balaban J connectivity index is 2.29. The molecule has 1 N–H and O–H groups in total. The van der Waals surface area contributed by atoms with Crippen LogP contribution in [0.1, 0.15) is 45.4 Å². The maximum atomic E-state index is 5.54. The first kappa shape index (κ1) is 14.9. The number of hydrogen-bond acceptors (Lipinski definition) is 3. The van der Waals surface area contributed by atoms with Gasteiger partial charge in [-0.05, 0) is 31.6 Å². The first-order valence-electron chi connectivity index (χ1n) is 7.10. The van der Waals surface area contributed by atoms with Crippen LogP contribution in [0, 0.1) is 5.41 Å². The molecule has 0 bridgehead atoms. The fourth-order valence-corrected chi connectivity index (χ4v) is 2.78. The van der Waals surface area contributed by atoms with E-state index in [1.54, 1.807) is 7.11 Å². The van der Waals surface area contributed by atoms with Gasteiger partial charge >= 0.3 is 0 Å². The highest BCUT2D eigenvalue weighted by molar-refractivity contribution is 4.84. The fraction of sp³-hybridized carbons (Fsp3) is 1.00. The van der Waals surface area contributed by atoms with Crippen LogP contribution in [0.2, 0.25) is 0 Å². The Hall–Kier alpha value is -0.120. The van der Waals surface area contributed by atoms with Crippen LogP contribution in [0.15, 0.2) is 0 Å². The number of hydrogen-bond donors (Lipinski definition) is 1. The van der Waals surface area contributed by atoms with E-state index in [9.17, 15) is 0 Å². The summed E-state index contributed by atoms with van der Waals surface area (Å²) in [6.45, 7) is 6.73. The predicted octanol–water partition coefficient (Wildman–Crippen LogP) is 2.60. The lowest BCUT2D eigenvalue weighted by molar-refractivity contribution is 0.0778. The first-order valence-corrected chi connectivity index (χ1v) is 7.10. The fourth-order valence-electron chi connectivity index (χ4n) is 2.78. The van der Waals surface area contributed by atoms with E-state index < -0.39 is 0 Å². The van der Waals surface area contributed by atoms with Crippen LogP contribution in [0.5, 0.6) is 0 Å². The van der Waals surface area contributed by atoms with Gasteiger partial charge in [-0.25, -0.2) is 0 Å². The van der Waals surface area contributed by atoms with Crippen LogP contribution >= 0.6 is 0 Å². The zero-order valence-corrected chi connectivity index (χ0v) is 11.6. The molecule has 0 heterocycles. The molecule has 3 nitrogen and oxygen atoms in total. The molecule has 1 saturated carbocycles. The summed E-state index contributed by atoms with van der Waals surface area (Å²) in [5.41, 5.74) is 0.487. The Kier molecular flexibility index (Phi) is 7.82. The smallest absolute Gasteiger partial charge is 0.0587 e. The molecule has 1 rings (SSSR count). The molecule has 0 unspecified atom stereocenters. The molecule has 0 radical (unpaired) electrons. The number of rotatable bonds is 9. The molecule has 1 aliphatic carbocycles. The minimum Gasteiger partial charge on any atom is -0.383 e. The van der Waals surface area contributed by atoms with Crippen molar-refractivity contribution < 1.29 is 9.47 Å². The highest BCUT2D eigenvalue weighted by atomic mass is 16.5. The Morgan fingerprint density at radius 1 is 1.12 bits per heavy atom. The van der Waals surface area contributed by atoms with Gasteiger partial charge in [-0.2, -0.15) is 0 Å². The third-order valence-electron chi connectivity index (χ3n) is 3.88. The van der Waals surface area contributed by atoms with E-state index in [0.29, 0.717) is 5.41 Å². The summed E-state index contributed by atoms with van der Waals surface area (Å²) in [6.07, 6.45) is 8.12. The molecule has 17 heavy (non-hydrogen) atoms. The molecule has 102 valence electrons. The van der Waals surface area contributed by atoms with Gasteiger partial charge in [0.05, 0.1) is 6.61 Å². The summed E-state index contributed by atoms with van der Waals surface area (Å²) in [4.78, 5) is 0. The summed E-state index contributed by atoms with van der Waals surface area (Å²) < 4.78 is 10.6. The highest BCUT2D eigenvalue weighted by Crippen LogP contribution is 2.38. The van der Waals surface area contributed by atoms with Crippen LogP contribution in [-0.2, 0) is 9.47 Å². The van der Waals surface area contributed by atoms with E-state index in [-0.39, 0.29) is 0 Å². The molecular formula is C14H29NO2. The van der Waals surface area contributed by atoms with Crippen molar-refractivity contribution in [1.82, 2.24) is 5.32 Å². The van der Waals surface area contributed by atoms with Gasteiger partial charge in [0, 0.05) is 33.4 Å². The van der Waals surface area contributed by atoms with Gasteiger partial charge in [-0.15, -0.1) is 0 Å². The van der Waals surface area contributed by atoms with Crippen LogP contribution < -0.4 is 5.32 Å². The monoisotopic (exact) mass is 243 g/mol. The minimum atomic E-state index is 0.487. The normalized spacial score (nSPS) is 19.4. The van der Waals surface area contributed by atoms with Crippen molar-refractivity contribution in [2.75, 3.05) is 40.0 Å². The average molecular weight is 243 g/mol. The Labute approximate surface area is 106 Å². The van der Waals surface area contributed by atoms with Crippen LogP contribution in [-0.4, -0.2) is 40.0 Å². The van der Waals surface area contributed by atoms with Crippen LogP contribution in [0.4, 0.5) is 0 Å². The van der Waals surface area contributed by atoms with Crippen molar-refractivity contribution in [3.8, 4) is 0 Å². The molecule has 0 atom stereocenters. The quantitative estimate of drug-likeness (QED) is 0.631. The van der Waals surface area contributed by atoms with Crippen LogP contribution in [0.25, 0.3) is 0 Å². The first-order chi connectivity index (χ1) is 8.33. The Bertz CT molecular complexity index is 179. The second kappa shape index (κ2) is 8.90. The molecule has 0 aromatic carbocycles. The summed E-state index contributed by atoms with van der Waals surface area (Å²) in [7, 11) is 1.76. The second-order valence-electron chi connectivity index (χ2n) is 5.18. The Morgan fingerprint density at radius 3 is 2.53 bits per heavy atom. The zero-order valence-electron chi connectivity index (χ0n) is 11.6. The third kappa shape index (κ3) is 5.84. The lowest BCUT2D eigenvalue weighted by Crippen LogP contribution is -2.38. The van der Waals surface area contributed by atoms with Gasteiger partial charge in [-0.1, -0.05) is 19.3 Å². The zero-order chi connectivity index (χ0) is 12.4. The van der Waals surface area contributed by atoms with Crippen molar-refractivity contribution in [3.63, 3.8) is 0 Å². The summed E-state index contributed by atoms with van der Waals surface area (Å²) in [6, 6.07) is 0. The van der Waals surface area contributed by atoms with Crippen molar-refractivity contribution in [1.29, 1.82) is 0 Å². The van der Waals surface area contributed by atoms with Crippen molar-refractivity contribution in [3.05, 3.63) is 0 Å². The molecule has 1 fully saturated rings. The summed E-state index contributed by atoms with van der Waals surface area (Å²) in [5.74, 6) is 0. The molecule has 0 saturated heterocycles. The SMILES string of the molecule is CCOCCC1(CNCCOC)CCCCC1. The van der Waals surface area contributed by atoms with E-state index in [4.69, 9.17) is 9.47 Å². The molecule has 0 aromatic rings. The van der Waals surface area contributed by atoms with E-state index in [2.05, 4.69) is 12.2 Å². The van der Waals surface area contributed by atoms with E-state index in [1.807, 2.05) is 0 Å². The van der Waals surface area contributed by atoms with Gasteiger partial charge in [0.2, 0.25) is 0 Å². The van der Waals surface area contributed by atoms with E-state index in [0.717, 1.165) is 32.9 Å². The predicted molar refractivity (Wildman–Crippen MR) is 71.4 cm³/mol. The second-order valence-corrected chi connectivity index (χ2v) is 5.18. The molecule has 0 aliphatic heterocycles. The summed E-state index contributed by atoms with van der Waals surface area (Å²) >= 11 is 0. The van der Waals surface area contributed by atoms with Crippen molar-refractivity contribution in [2.24, 2.45) is 5.41 Å². The lowest BCUT2D eigenvalue weighted by Gasteiger charge is -2.37. The van der Waals surface area contributed by atoms with Crippen molar-refractivity contribution >= 4 is 0 Å². The molecule has 1 aliphatic rings. The van der Waals surface area contributed by atoms with Gasteiger partial charge in [0.1, 0.15) is 0 Å². The van der Waals surface area contributed by atoms with Gasteiger partial charge < -0.3 is 14.8 Å². The van der Waals surface area contributed by atoms with Crippen LogP contribution in [0.3, 0.4) is 0 Å². The average Bonchev–Trinajstić information content (AvgIpc) is 2.36. The number of ether oxygens (including phenoxy) is 2. The van der Waals surface area contributed by atoms with E-state index in [1.165, 1.54) is 38.5 Å². The number of nitrogens with one attached hydrogen (secondary N) is 1. The largest absolute Gasteiger partial charge is 0.383 e. The molecule has 0 aromatic heterocycles. The van der Waals surface area contributed by atoms with Gasteiger partial charge in [0.25, 0.3) is 0 Å².